The Hall–Kier alpha value is -4.21. The lowest BCUT2D eigenvalue weighted by Crippen LogP contribution is -2.38. The van der Waals surface area contributed by atoms with Crippen molar-refractivity contribution in [3.8, 4) is 0 Å². The number of aliphatic hydroxyl groups excluding tert-OH is 2. The van der Waals surface area contributed by atoms with Crippen LogP contribution in [0.15, 0.2) is 12.3 Å². The number of esters is 1. The van der Waals surface area contributed by atoms with Crippen LogP contribution < -0.4 is 26.6 Å². The Morgan fingerprint density at radius 1 is 1.02 bits per heavy atom. The lowest BCUT2D eigenvalue weighted by Gasteiger charge is -2.27. The number of aliphatic hydroxyl groups is 2. The minimum absolute atomic E-state index is 0.000710. The van der Waals surface area contributed by atoms with E-state index in [1.54, 1.807) is 0 Å². The molecule has 244 valence electrons. The van der Waals surface area contributed by atoms with Gasteiger partial charge in [0, 0.05) is 56.8 Å². The van der Waals surface area contributed by atoms with Crippen molar-refractivity contribution in [1.82, 2.24) is 20.3 Å². The highest BCUT2D eigenvalue weighted by molar-refractivity contribution is 5.95. The molecular formula is C37H46N4O5. The van der Waals surface area contributed by atoms with E-state index in [1.165, 1.54) is 18.2 Å². The Kier molecular flexibility index (Phi) is 8.42. The molecular weight excluding hydrogens is 580 g/mol. The standard InChI is InChI=1S/C37H46N4O5/c1-9-21-17(4)24-14-26-19(6)23(12-13-30(42)46-11-3)34(40-26)32-33(37(44)45-8)36(43)31-20(7)27(41-35(31)32)16-29-22(10-2)18(5)25(39-29)15-28(21)38-24/h9,14-16,19,23,30,33-34,38-43H,1,10-13H2,2-8H3/b25-15-,26-14-,29-16-/t19-,23-,30?,33+,34?/m0/s1. The highest BCUT2D eigenvalue weighted by atomic mass is 16.6. The number of hydrogen-bond acceptors (Lipinski definition) is 6. The molecule has 1 aliphatic carbocycles. The van der Waals surface area contributed by atoms with E-state index in [4.69, 9.17) is 9.47 Å². The molecule has 9 heteroatoms. The highest BCUT2D eigenvalue weighted by Gasteiger charge is 2.46. The number of H-pyrrole nitrogens is 3. The van der Waals surface area contributed by atoms with Crippen LogP contribution in [-0.4, -0.2) is 57.2 Å². The van der Waals surface area contributed by atoms with Gasteiger partial charge in [0.2, 0.25) is 0 Å². The fourth-order valence-corrected chi connectivity index (χ4v) is 7.89. The Morgan fingerprint density at radius 3 is 2.41 bits per heavy atom. The van der Waals surface area contributed by atoms with Crippen LogP contribution in [0, 0.1) is 38.5 Å². The molecule has 8 bridgehead atoms. The summed E-state index contributed by atoms with van der Waals surface area (Å²) >= 11 is 0. The molecule has 0 radical (unpaired) electrons. The molecule has 0 saturated carbocycles. The third-order valence-corrected chi connectivity index (χ3v) is 10.4. The lowest BCUT2D eigenvalue weighted by molar-refractivity contribution is -0.142. The third-order valence-electron chi connectivity index (χ3n) is 10.4. The number of ether oxygens (including phenoxy) is 2. The van der Waals surface area contributed by atoms with Crippen molar-refractivity contribution in [2.45, 2.75) is 73.1 Å². The van der Waals surface area contributed by atoms with Crippen molar-refractivity contribution in [3.63, 3.8) is 0 Å². The van der Waals surface area contributed by atoms with Crippen LogP contribution in [0.5, 0.6) is 0 Å². The number of rotatable bonds is 8. The second kappa shape index (κ2) is 12.2. The average Bonchev–Trinajstić information content (AvgIpc) is 3.77. The van der Waals surface area contributed by atoms with Crippen LogP contribution >= 0.6 is 0 Å². The predicted octanol–water partition coefficient (Wildman–Crippen LogP) is 2.79. The molecule has 6 N–H and O–H groups in total. The summed E-state index contributed by atoms with van der Waals surface area (Å²) < 4.78 is 10.8. The van der Waals surface area contributed by atoms with Gasteiger partial charge in [0.1, 0.15) is 11.7 Å². The van der Waals surface area contributed by atoms with Gasteiger partial charge in [-0.1, -0.05) is 26.5 Å². The van der Waals surface area contributed by atoms with E-state index in [2.05, 4.69) is 72.8 Å². The molecule has 3 aliphatic rings. The van der Waals surface area contributed by atoms with Crippen molar-refractivity contribution in [1.29, 1.82) is 0 Å². The molecule has 0 aromatic carbocycles. The van der Waals surface area contributed by atoms with E-state index in [-0.39, 0.29) is 23.6 Å². The van der Waals surface area contributed by atoms with Crippen LogP contribution in [0.4, 0.5) is 0 Å². The van der Waals surface area contributed by atoms with Gasteiger partial charge in [-0.05, 0) is 98.9 Å². The zero-order valence-electron chi connectivity index (χ0n) is 27.9. The number of fused-ring (bicyclic) bond motifs is 8. The number of methoxy groups -OCH3 is 1. The quantitative estimate of drug-likeness (QED) is 0.168. The van der Waals surface area contributed by atoms with Crippen LogP contribution in [0.1, 0.15) is 78.5 Å². The number of allylic oxidation sites excluding steroid dienone is 1. The molecule has 3 aromatic heterocycles. The molecule has 2 aliphatic heterocycles. The topological polar surface area (TPSA) is 135 Å². The lowest BCUT2D eigenvalue weighted by atomic mass is 9.80. The normalized spacial score (nSPS) is 24.8. The molecule has 9 nitrogen and oxygen atoms in total. The summed E-state index contributed by atoms with van der Waals surface area (Å²) in [6, 6.07) is -0.327. The summed E-state index contributed by atoms with van der Waals surface area (Å²) in [5.41, 5.74) is 9.94. The maximum Gasteiger partial charge on any atom is 0.320 e. The van der Waals surface area contributed by atoms with Gasteiger partial charge in [-0.3, -0.25) is 4.79 Å². The summed E-state index contributed by atoms with van der Waals surface area (Å²) in [5.74, 6) is -1.44. The van der Waals surface area contributed by atoms with Crippen molar-refractivity contribution >= 4 is 41.6 Å². The Morgan fingerprint density at radius 2 is 1.74 bits per heavy atom. The van der Waals surface area contributed by atoms with Gasteiger partial charge < -0.3 is 40.0 Å². The van der Waals surface area contributed by atoms with E-state index in [9.17, 15) is 15.0 Å². The number of carbonyl (C=O) groups is 1. The van der Waals surface area contributed by atoms with Crippen molar-refractivity contribution < 1.29 is 24.5 Å². The van der Waals surface area contributed by atoms with E-state index in [0.29, 0.717) is 24.7 Å². The van der Waals surface area contributed by atoms with Crippen molar-refractivity contribution in [2.75, 3.05) is 13.7 Å². The molecule has 1 fully saturated rings. The van der Waals surface area contributed by atoms with Gasteiger partial charge in [-0.25, -0.2) is 0 Å². The highest BCUT2D eigenvalue weighted by Crippen LogP contribution is 2.42. The van der Waals surface area contributed by atoms with Gasteiger partial charge in [0.05, 0.1) is 18.5 Å². The maximum atomic E-state index is 13.4. The van der Waals surface area contributed by atoms with Gasteiger partial charge >= 0.3 is 5.97 Å². The van der Waals surface area contributed by atoms with Gasteiger partial charge in [-0.15, -0.1) is 0 Å². The van der Waals surface area contributed by atoms with Crippen LogP contribution in [0.2, 0.25) is 0 Å². The Bertz CT molecular complexity index is 2010. The molecule has 0 spiro atoms. The summed E-state index contributed by atoms with van der Waals surface area (Å²) in [4.78, 5) is 24.3. The molecule has 6 rings (SSSR count). The second-order valence-electron chi connectivity index (χ2n) is 12.8. The minimum Gasteiger partial charge on any atom is -0.510 e. The van der Waals surface area contributed by atoms with Gasteiger partial charge in [0.15, 0.2) is 6.29 Å². The number of aromatic nitrogens is 3. The zero-order chi connectivity index (χ0) is 33.0. The monoisotopic (exact) mass is 626 g/mol. The second-order valence-corrected chi connectivity index (χ2v) is 12.8. The third kappa shape index (κ3) is 4.97. The SMILES string of the molecule is C=Cc1c2[nH]c(c1C)/C=C1\NC(C3=c4[nH]c(c(C)c4=C(O)[C@@H]3C(=O)OC)/C=c3\[nH]/c(c(C)c3CC)=C\2)[C@@H](CCC(O)OCC)[C@@H]1C. The molecule has 2 unspecified atom stereocenters. The summed E-state index contributed by atoms with van der Waals surface area (Å²) in [6.07, 6.45) is 9.33. The van der Waals surface area contributed by atoms with Crippen LogP contribution in [0.3, 0.4) is 0 Å². The zero-order valence-corrected chi connectivity index (χ0v) is 27.9. The first-order valence-electron chi connectivity index (χ1n) is 16.3. The molecule has 3 aromatic rings. The van der Waals surface area contributed by atoms with Crippen molar-refractivity contribution in [2.24, 2.45) is 17.8 Å². The molecule has 0 amide bonds. The van der Waals surface area contributed by atoms with E-state index in [0.717, 1.165) is 67.5 Å². The maximum absolute atomic E-state index is 13.4. The Labute approximate surface area is 269 Å². The predicted molar refractivity (Wildman–Crippen MR) is 181 cm³/mol. The van der Waals surface area contributed by atoms with Gasteiger partial charge in [0.25, 0.3) is 0 Å². The number of hydrogen-bond donors (Lipinski definition) is 6. The van der Waals surface area contributed by atoms with E-state index >= 15 is 0 Å². The van der Waals surface area contributed by atoms with E-state index in [1.807, 2.05) is 19.9 Å². The molecule has 5 heterocycles. The van der Waals surface area contributed by atoms with Crippen LogP contribution in [0.25, 0.3) is 35.6 Å². The fourth-order valence-electron chi connectivity index (χ4n) is 7.89. The fraction of sp³-hybridized carbons (Fsp3) is 0.432. The Balaban J connectivity index is 1.69. The molecule has 46 heavy (non-hydrogen) atoms. The molecule has 5 atom stereocenters. The first-order valence-corrected chi connectivity index (χ1v) is 16.3. The summed E-state index contributed by atoms with van der Waals surface area (Å²) in [7, 11) is 1.35. The summed E-state index contributed by atoms with van der Waals surface area (Å²) in [5, 5.41) is 29.5. The largest absolute Gasteiger partial charge is 0.510 e. The number of carbonyl (C=O) groups excluding carboxylic acids is 1. The van der Waals surface area contributed by atoms with Crippen molar-refractivity contribution in [3.05, 3.63) is 78.4 Å². The first-order chi connectivity index (χ1) is 22.0. The number of nitrogens with one attached hydrogen (secondary N) is 4. The molecule has 1 saturated heterocycles. The summed E-state index contributed by atoms with van der Waals surface area (Å²) in [6.45, 7) is 16.9. The van der Waals surface area contributed by atoms with Crippen LogP contribution in [-0.2, 0) is 20.7 Å². The average molecular weight is 627 g/mol. The minimum atomic E-state index is -0.951. The first kappa shape index (κ1) is 31.8. The smallest absolute Gasteiger partial charge is 0.320 e. The number of aromatic amines is 3. The van der Waals surface area contributed by atoms with E-state index < -0.39 is 18.2 Å². The van der Waals surface area contributed by atoms with Gasteiger partial charge in [-0.2, -0.15) is 0 Å².